The highest BCUT2D eigenvalue weighted by Gasteiger charge is 2.28. The highest BCUT2D eigenvalue weighted by atomic mass is 16.5. The van der Waals surface area contributed by atoms with Gasteiger partial charge < -0.3 is 15.8 Å². The number of nitrogens with one attached hydrogen (secondary N) is 1. The number of benzene rings is 1. The van der Waals surface area contributed by atoms with Gasteiger partial charge in [0, 0.05) is 6.04 Å². The summed E-state index contributed by atoms with van der Waals surface area (Å²) in [5.74, 6) is 0.617. The first-order chi connectivity index (χ1) is 9.11. The van der Waals surface area contributed by atoms with E-state index in [4.69, 9.17) is 10.5 Å². The van der Waals surface area contributed by atoms with Crippen molar-refractivity contribution in [3.05, 3.63) is 23.8 Å². The van der Waals surface area contributed by atoms with Crippen LogP contribution in [0.2, 0.25) is 0 Å². The fourth-order valence-electron chi connectivity index (χ4n) is 2.61. The van der Waals surface area contributed by atoms with Crippen LogP contribution in [0.1, 0.15) is 31.2 Å². The quantitative estimate of drug-likeness (QED) is 0.879. The second kappa shape index (κ2) is 6.06. The molecule has 1 aromatic carbocycles. The van der Waals surface area contributed by atoms with E-state index < -0.39 is 0 Å². The summed E-state index contributed by atoms with van der Waals surface area (Å²) in [5.41, 5.74) is 7.86. The summed E-state index contributed by atoms with van der Waals surface area (Å²) in [7, 11) is 1.61. The van der Waals surface area contributed by atoms with E-state index in [1.807, 2.05) is 25.1 Å². The van der Waals surface area contributed by atoms with E-state index in [1.54, 1.807) is 7.11 Å². The van der Waals surface area contributed by atoms with Crippen LogP contribution < -0.4 is 15.8 Å². The topological polar surface area (TPSA) is 64.3 Å². The maximum atomic E-state index is 12.3. The van der Waals surface area contributed by atoms with Crippen LogP contribution in [0, 0.1) is 12.8 Å². The van der Waals surface area contributed by atoms with E-state index in [0.29, 0.717) is 5.75 Å². The van der Waals surface area contributed by atoms with Crippen molar-refractivity contribution in [2.75, 3.05) is 12.4 Å². The highest BCUT2D eigenvalue weighted by Crippen LogP contribution is 2.28. The predicted molar refractivity (Wildman–Crippen MR) is 76.3 cm³/mol. The number of hydrogen-bond donors (Lipinski definition) is 2. The van der Waals surface area contributed by atoms with Crippen LogP contribution >= 0.6 is 0 Å². The van der Waals surface area contributed by atoms with Gasteiger partial charge in [-0.1, -0.05) is 18.9 Å². The second-order valence-electron chi connectivity index (χ2n) is 5.25. The summed E-state index contributed by atoms with van der Waals surface area (Å²) in [6.07, 6.45) is 4.01. The van der Waals surface area contributed by atoms with Gasteiger partial charge in [-0.3, -0.25) is 4.79 Å². The number of carbonyl (C=O) groups is 1. The lowest BCUT2D eigenvalue weighted by atomic mass is 9.84. The van der Waals surface area contributed by atoms with Gasteiger partial charge in [0.05, 0.1) is 18.7 Å². The Balaban J connectivity index is 2.10. The first-order valence-corrected chi connectivity index (χ1v) is 6.83. The highest BCUT2D eigenvalue weighted by molar-refractivity contribution is 5.94. The maximum absolute atomic E-state index is 12.3. The van der Waals surface area contributed by atoms with Crippen molar-refractivity contribution >= 4 is 11.6 Å². The Morgan fingerprint density at radius 3 is 2.79 bits per heavy atom. The molecule has 19 heavy (non-hydrogen) atoms. The van der Waals surface area contributed by atoms with Crippen LogP contribution in [0.5, 0.6) is 5.75 Å². The van der Waals surface area contributed by atoms with Gasteiger partial charge in [0.15, 0.2) is 0 Å². The average Bonchev–Trinajstić information content (AvgIpc) is 2.41. The molecule has 0 saturated heterocycles. The zero-order chi connectivity index (χ0) is 13.8. The lowest BCUT2D eigenvalue weighted by Crippen LogP contribution is -2.40. The van der Waals surface area contributed by atoms with Gasteiger partial charge in [0.2, 0.25) is 5.91 Å². The van der Waals surface area contributed by atoms with Gasteiger partial charge in [0.1, 0.15) is 5.75 Å². The fourth-order valence-corrected chi connectivity index (χ4v) is 2.61. The molecule has 4 nitrogen and oxygen atoms in total. The van der Waals surface area contributed by atoms with Crippen molar-refractivity contribution in [3.63, 3.8) is 0 Å². The third-order valence-corrected chi connectivity index (χ3v) is 3.77. The normalized spacial score (nSPS) is 22.9. The Morgan fingerprint density at radius 1 is 1.37 bits per heavy atom. The minimum absolute atomic E-state index is 0.00866. The van der Waals surface area contributed by atoms with Crippen LogP contribution in [-0.2, 0) is 4.79 Å². The molecule has 1 saturated carbocycles. The number of nitrogens with two attached hydrogens (primary N) is 1. The fraction of sp³-hybridized carbons (Fsp3) is 0.533. The van der Waals surface area contributed by atoms with Crippen LogP contribution in [0.4, 0.5) is 5.69 Å². The minimum atomic E-state index is -0.0836. The Kier molecular flexibility index (Phi) is 4.43. The van der Waals surface area contributed by atoms with Gasteiger partial charge in [-0.2, -0.15) is 0 Å². The van der Waals surface area contributed by atoms with Gasteiger partial charge >= 0.3 is 0 Å². The summed E-state index contributed by atoms with van der Waals surface area (Å²) in [5, 5.41) is 2.94. The van der Waals surface area contributed by atoms with Crippen molar-refractivity contribution in [1.82, 2.24) is 0 Å². The maximum Gasteiger partial charge on any atom is 0.229 e. The summed E-state index contributed by atoms with van der Waals surface area (Å²) in [4.78, 5) is 12.3. The third-order valence-electron chi connectivity index (χ3n) is 3.77. The van der Waals surface area contributed by atoms with E-state index in [-0.39, 0.29) is 17.9 Å². The number of carbonyl (C=O) groups excluding carboxylic acids is 1. The molecule has 0 aromatic heterocycles. The van der Waals surface area contributed by atoms with Gasteiger partial charge in [-0.15, -0.1) is 0 Å². The number of amides is 1. The van der Waals surface area contributed by atoms with Gasteiger partial charge in [0.25, 0.3) is 0 Å². The van der Waals surface area contributed by atoms with Crippen LogP contribution in [0.15, 0.2) is 18.2 Å². The molecule has 4 heteroatoms. The van der Waals surface area contributed by atoms with Crippen molar-refractivity contribution in [1.29, 1.82) is 0 Å². The molecule has 2 rings (SSSR count). The lowest BCUT2D eigenvalue weighted by Gasteiger charge is -2.27. The molecule has 104 valence electrons. The predicted octanol–water partition coefficient (Wildman–Crippen LogP) is 2.46. The number of anilines is 1. The first-order valence-electron chi connectivity index (χ1n) is 6.83. The molecule has 0 spiro atoms. The number of methoxy groups -OCH3 is 1. The van der Waals surface area contributed by atoms with Crippen LogP contribution in [-0.4, -0.2) is 19.1 Å². The molecular formula is C15H22N2O2. The molecule has 1 aromatic rings. The monoisotopic (exact) mass is 262 g/mol. The molecule has 0 bridgehead atoms. The Hall–Kier alpha value is -1.55. The summed E-state index contributed by atoms with van der Waals surface area (Å²) < 4.78 is 5.30. The number of ether oxygens (including phenoxy) is 1. The van der Waals surface area contributed by atoms with Crippen molar-refractivity contribution < 1.29 is 9.53 Å². The van der Waals surface area contributed by atoms with E-state index in [2.05, 4.69) is 5.32 Å². The van der Waals surface area contributed by atoms with E-state index in [0.717, 1.165) is 36.9 Å². The Morgan fingerprint density at radius 2 is 2.11 bits per heavy atom. The molecule has 2 unspecified atom stereocenters. The van der Waals surface area contributed by atoms with Crippen molar-refractivity contribution in [3.8, 4) is 5.75 Å². The van der Waals surface area contributed by atoms with Gasteiger partial charge in [-0.25, -0.2) is 0 Å². The second-order valence-corrected chi connectivity index (χ2v) is 5.25. The zero-order valence-electron chi connectivity index (χ0n) is 11.6. The number of aryl methyl sites for hydroxylation is 1. The first kappa shape index (κ1) is 13.9. The Bertz CT molecular complexity index is 459. The minimum Gasteiger partial charge on any atom is -0.495 e. The average molecular weight is 262 g/mol. The molecule has 0 heterocycles. The molecule has 3 N–H and O–H groups in total. The molecule has 1 aliphatic rings. The molecule has 0 radical (unpaired) electrons. The number of rotatable bonds is 3. The van der Waals surface area contributed by atoms with Gasteiger partial charge in [-0.05, 0) is 37.5 Å². The molecule has 0 aliphatic heterocycles. The van der Waals surface area contributed by atoms with Crippen LogP contribution in [0.25, 0.3) is 0 Å². The SMILES string of the molecule is COc1cc(C)ccc1NC(=O)C1CCCCC1N. The zero-order valence-corrected chi connectivity index (χ0v) is 11.6. The summed E-state index contributed by atoms with van der Waals surface area (Å²) >= 11 is 0. The Labute approximate surface area is 114 Å². The number of hydrogen-bond acceptors (Lipinski definition) is 3. The van der Waals surface area contributed by atoms with E-state index >= 15 is 0 Å². The van der Waals surface area contributed by atoms with Crippen LogP contribution in [0.3, 0.4) is 0 Å². The summed E-state index contributed by atoms with van der Waals surface area (Å²) in [6, 6.07) is 5.72. The molecular weight excluding hydrogens is 240 g/mol. The molecule has 2 atom stereocenters. The molecule has 1 amide bonds. The van der Waals surface area contributed by atoms with E-state index in [1.165, 1.54) is 0 Å². The van der Waals surface area contributed by atoms with E-state index in [9.17, 15) is 4.79 Å². The molecule has 1 fully saturated rings. The van der Waals surface area contributed by atoms with Crippen molar-refractivity contribution in [2.24, 2.45) is 11.7 Å². The van der Waals surface area contributed by atoms with Crippen molar-refractivity contribution in [2.45, 2.75) is 38.6 Å². The lowest BCUT2D eigenvalue weighted by molar-refractivity contribution is -0.121. The molecule has 1 aliphatic carbocycles. The standard InChI is InChI=1S/C15H22N2O2/c1-10-7-8-13(14(9-10)19-2)17-15(18)11-5-3-4-6-12(11)16/h7-9,11-12H,3-6,16H2,1-2H3,(H,17,18). The largest absolute Gasteiger partial charge is 0.495 e. The smallest absolute Gasteiger partial charge is 0.229 e. The third kappa shape index (κ3) is 3.26. The summed E-state index contributed by atoms with van der Waals surface area (Å²) in [6.45, 7) is 1.99.